The van der Waals surface area contributed by atoms with E-state index in [1.165, 1.54) is 18.3 Å². The molecule has 0 spiro atoms. The molecule has 0 aliphatic rings. The van der Waals surface area contributed by atoms with Crippen LogP contribution in [0.4, 0.5) is 13.2 Å². The van der Waals surface area contributed by atoms with Crippen LogP contribution in [0.25, 0.3) is 28.5 Å². The summed E-state index contributed by atoms with van der Waals surface area (Å²) in [5.74, 6) is -0.626. The molecule has 0 radical (unpaired) electrons. The van der Waals surface area contributed by atoms with Crippen molar-refractivity contribution in [3.05, 3.63) is 47.6 Å². The molecule has 0 unspecified atom stereocenters. The minimum atomic E-state index is -4.58. The van der Waals surface area contributed by atoms with E-state index in [2.05, 4.69) is 19.9 Å². The average Bonchev–Trinajstić information content (AvgIpc) is 2.99. The smallest absolute Gasteiger partial charge is 0.366 e. The molecule has 3 rings (SSSR count). The van der Waals surface area contributed by atoms with Gasteiger partial charge in [-0.2, -0.15) is 13.2 Å². The molecule has 0 aliphatic carbocycles. The van der Waals surface area contributed by atoms with Gasteiger partial charge in [-0.25, -0.2) is 15.0 Å². The van der Waals surface area contributed by atoms with Crippen LogP contribution in [0, 0.1) is 5.41 Å². The van der Waals surface area contributed by atoms with Gasteiger partial charge in [-0.05, 0) is 30.0 Å². The van der Waals surface area contributed by atoms with Crippen molar-refractivity contribution in [1.82, 2.24) is 19.9 Å². The van der Waals surface area contributed by atoms with Gasteiger partial charge < -0.3 is 10.7 Å². The van der Waals surface area contributed by atoms with Crippen LogP contribution in [0.1, 0.15) is 37.7 Å². The van der Waals surface area contributed by atoms with Crippen LogP contribution < -0.4 is 5.73 Å². The highest BCUT2D eigenvalue weighted by molar-refractivity contribution is 5.93. The first-order valence-corrected chi connectivity index (χ1v) is 8.82. The number of aromatic nitrogens is 4. The molecule has 6 nitrogen and oxygen atoms in total. The zero-order chi connectivity index (χ0) is 21.4. The molecule has 0 saturated carbocycles. The lowest BCUT2D eigenvalue weighted by Crippen LogP contribution is -2.15. The first kappa shape index (κ1) is 20.5. The largest absolute Gasteiger partial charge is 0.433 e. The maximum Gasteiger partial charge on any atom is 0.433 e. The second kappa shape index (κ2) is 7.31. The standard InChI is InChI=1S/C20H20F3N5O/c1-19(2,3)8-13-6-12(7-15(27-13)20(21,22)23)14-10-26-18-17(28-14)11(9-25-18)4-5-16(24)29/h4-7,9-10H,8H2,1-3H3,(H2,24,29)(H,25,26)/b5-4+. The number of carbonyl (C=O) groups is 1. The summed E-state index contributed by atoms with van der Waals surface area (Å²) in [6, 6.07) is 2.56. The number of alkyl halides is 3. The van der Waals surface area contributed by atoms with Gasteiger partial charge in [-0.3, -0.25) is 4.79 Å². The molecule has 0 aromatic carbocycles. The third kappa shape index (κ3) is 4.98. The van der Waals surface area contributed by atoms with Gasteiger partial charge in [0.2, 0.25) is 5.91 Å². The number of carbonyl (C=O) groups excluding carboxylic acids is 1. The van der Waals surface area contributed by atoms with E-state index >= 15 is 0 Å². The summed E-state index contributed by atoms with van der Waals surface area (Å²) in [7, 11) is 0. The van der Waals surface area contributed by atoms with E-state index in [4.69, 9.17) is 5.73 Å². The quantitative estimate of drug-likeness (QED) is 0.640. The summed E-state index contributed by atoms with van der Waals surface area (Å²) >= 11 is 0. The highest BCUT2D eigenvalue weighted by atomic mass is 19.4. The van der Waals surface area contributed by atoms with Crippen LogP contribution in [0.2, 0.25) is 0 Å². The predicted molar refractivity (Wildman–Crippen MR) is 104 cm³/mol. The van der Waals surface area contributed by atoms with Crippen molar-refractivity contribution in [3.8, 4) is 11.3 Å². The number of rotatable bonds is 4. The third-order valence-electron chi connectivity index (χ3n) is 4.01. The molecule has 0 aliphatic heterocycles. The van der Waals surface area contributed by atoms with E-state index in [1.807, 2.05) is 20.8 Å². The Hall–Kier alpha value is -3.23. The normalized spacial score (nSPS) is 12.8. The van der Waals surface area contributed by atoms with Crippen LogP contribution in [-0.2, 0) is 17.4 Å². The summed E-state index contributed by atoms with van der Waals surface area (Å²) in [5, 5.41) is 0. The topological polar surface area (TPSA) is 97.6 Å². The average molecular weight is 403 g/mol. The maximum absolute atomic E-state index is 13.4. The number of halogens is 3. The van der Waals surface area contributed by atoms with Crippen LogP contribution in [0.3, 0.4) is 0 Å². The molecule has 29 heavy (non-hydrogen) atoms. The Morgan fingerprint density at radius 1 is 1.21 bits per heavy atom. The molecule has 0 atom stereocenters. The lowest BCUT2D eigenvalue weighted by molar-refractivity contribution is -0.141. The number of H-pyrrole nitrogens is 1. The van der Waals surface area contributed by atoms with Crippen molar-refractivity contribution in [2.24, 2.45) is 11.1 Å². The number of pyridine rings is 1. The minimum absolute atomic E-state index is 0.239. The van der Waals surface area contributed by atoms with Crippen LogP contribution in [-0.4, -0.2) is 25.8 Å². The van der Waals surface area contributed by atoms with E-state index in [-0.39, 0.29) is 16.7 Å². The van der Waals surface area contributed by atoms with Crippen LogP contribution >= 0.6 is 0 Å². The number of nitrogens with one attached hydrogen (secondary N) is 1. The number of primary amides is 1. The third-order valence-corrected chi connectivity index (χ3v) is 4.01. The lowest BCUT2D eigenvalue weighted by atomic mass is 9.89. The Balaban J connectivity index is 2.13. The van der Waals surface area contributed by atoms with Gasteiger partial charge in [0, 0.05) is 29.1 Å². The van der Waals surface area contributed by atoms with Crippen molar-refractivity contribution in [1.29, 1.82) is 0 Å². The highest BCUT2D eigenvalue weighted by Crippen LogP contribution is 2.33. The Labute approximate surface area is 165 Å². The molecule has 152 valence electrons. The summed E-state index contributed by atoms with van der Waals surface area (Å²) in [5.41, 5.74) is 6.18. The summed E-state index contributed by atoms with van der Waals surface area (Å²) in [6.45, 7) is 5.78. The van der Waals surface area contributed by atoms with E-state index in [0.717, 1.165) is 6.07 Å². The molecule has 0 fully saturated rings. The minimum Gasteiger partial charge on any atom is -0.366 e. The van der Waals surface area contributed by atoms with E-state index < -0.39 is 17.8 Å². The SMILES string of the molecule is CC(C)(C)Cc1cc(-c2cnc3[nH]cc(/C=C/C(N)=O)c3n2)cc(C(F)(F)F)n1. The maximum atomic E-state index is 13.4. The number of hydrogen-bond acceptors (Lipinski definition) is 4. The van der Waals surface area contributed by atoms with Crippen molar-refractivity contribution < 1.29 is 18.0 Å². The molecular formula is C20H20F3N5O. The molecule has 3 N–H and O–H groups in total. The first-order valence-electron chi connectivity index (χ1n) is 8.82. The fourth-order valence-corrected chi connectivity index (χ4v) is 2.86. The Bertz CT molecular complexity index is 1090. The van der Waals surface area contributed by atoms with Crippen molar-refractivity contribution in [2.45, 2.75) is 33.4 Å². The molecule has 1 amide bonds. The van der Waals surface area contributed by atoms with Gasteiger partial charge in [0.05, 0.1) is 11.9 Å². The number of aromatic amines is 1. The highest BCUT2D eigenvalue weighted by Gasteiger charge is 2.33. The second-order valence-electron chi connectivity index (χ2n) is 7.90. The van der Waals surface area contributed by atoms with Crippen LogP contribution in [0.5, 0.6) is 0 Å². The van der Waals surface area contributed by atoms with Gasteiger partial charge in [0.25, 0.3) is 0 Å². The molecule has 9 heteroatoms. The molecule has 0 bridgehead atoms. The van der Waals surface area contributed by atoms with Gasteiger partial charge in [0.1, 0.15) is 11.2 Å². The van der Waals surface area contributed by atoms with Crippen molar-refractivity contribution in [2.75, 3.05) is 0 Å². The van der Waals surface area contributed by atoms with Gasteiger partial charge in [0.15, 0.2) is 5.65 Å². The van der Waals surface area contributed by atoms with E-state index in [1.54, 1.807) is 12.3 Å². The van der Waals surface area contributed by atoms with Gasteiger partial charge >= 0.3 is 6.18 Å². The number of nitrogens with zero attached hydrogens (tertiary/aromatic N) is 3. The molecule has 3 aromatic rings. The van der Waals surface area contributed by atoms with Crippen LogP contribution in [0.15, 0.2) is 30.6 Å². The van der Waals surface area contributed by atoms with Crippen molar-refractivity contribution >= 4 is 23.1 Å². The van der Waals surface area contributed by atoms with Gasteiger partial charge in [-0.1, -0.05) is 20.8 Å². The van der Waals surface area contributed by atoms with E-state index in [9.17, 15) is 18.0 Å². The Kier molecular flexibility index (Phi) is 5.16. The Morgan fingerprint density at radius 3 is 2.55 bits per heavy atom. The number of hydrogen-bond donors (Lipinski definition) is 2. The Morgan fingerprint density at radius 2 is 1.93 bits per heavy atom. The monoisotopic (exact) mass is 403 g/mol. The fourth-order valence-electron chi connectivity index (χ4n) is 2.86. The zero-order valence-electron chi connectivity index (χ0n) is 16.1. The lowest BCUT2D eigenvalue weighted by Gasteiger charge is -2.19. The summed E-state index contributed by atoms with van der Waals surface area (Å²) in [6.07, 6.45) is 1.42. The molecule has 3 aromatic heterocycles. The second-order valence-corrected chi connectivity index (χ2v) is 7.90. The number of amides is 1. The molecule has 3 heterocycles. The first-order chi connectivity index (χ1) is 13.4. The number of fused-ring (bicyclic) bond motifs is 1. The van der Waals surface area contributed by atoms with Crippen molar-refractivity contribution in [3.63, 3.8) is 0 Å². The number of nitrogens with two attached hydrogens (primary N) is 1. The fraction of sp³-hybridized carbons (Fsp3) is 0.300. The van der Waals surface area contributed by atoms with Gasteiger partial charge in [-0.15, -0.1) is 0 Å². The summed E-state index contributed by atoms with van der Waals surface area (Å²) < 4.78 is 40.2. The summed E-state index contributed by atoms with van der Waals surface area (Å²) in [4.78, 5) is 26.4. The molecular weight excluding hydrogens is 383 g/mol. The predicted octanol–water partition coefficient (Wildman–Crippen LogP) is 4.13. The van der Waals surface area contributed by atoms with E-state index in [0.29, 0.717) is 28.8 Å². The molecule has 0 saturated heterocycles. The zero-order valence-corrected chi connectivity index (χ0v) is 16.1.